The van der Waals surface area contributed by atoms with Crippen molar-refractivity contribution >= 4 is 17.3 Å². The summed E-state index contributed by atoms with van der Waals surface area (Å²) in [5.74, 6) is -0.00137. The molecule has 2 fully saturated rings. The van der Waals surface area contributed by atoms with Gasteiger partial charge >= 0.3 is 6.18 Å². The Hall–Kier alpha value is -3.48. The number of pyridine rings is 1. The van der Waals surface area contributed by atoms with Gasteiger partial charge in [-0.2, -0.15) is 18.3 Å². The third kappa shape index (κ3) is 7.29. The second kappa shape index (κ2) is 12.4. The molecule has 1 amide bonds. The standard InChI is InChI=1S/C30H38F3N7O2/c1-29(2,42)27-25(36-28(41)24-4-3-5-26(35-24)30(31,32)33)20-40(37-27)23-8-6-22(7-9-23)39-18-16-38(17-19-39)15-12-21-10-13-34-14-11-21/h3-9,20-21,34,42H,10-19H2,1-2H3,(H,36,41). The van der Waals surface area contributed by atoms with E-state index in [1.807, 2.05) is 24.3 Å². The SMILES string of the molecule is CC(C)(O)c1nn(-c2ccc(N3CCN(CCC4CCNCC4)CC3)cc2)cc1NC(=O)c1cccc(C(F)(F)F)n1. The van der Waals surface area contributed by atoms with Crippen molar-refractivity contribution in [3.63, 3.8) is 0 Å². The minimum Gasteiger partial charge on any atom is -0.384 e. The number of amides is 1. The highest BCUT2D eigenvalue weighted by Crippen LogP contribution is 2.30. The van der Waals surface area contributed by atoms with Gasteiger partial charge in [-0.15, -0.1) is 0 Å². The monoisotopic (exact) mass is 585 g/mol. The second-order valence-electron chi connectivity index (χ2n) is 11.6. The van der Waals surface area contributed by atoms with Crippen LogP contribution in [0.4, 0.5) is 24.5 Å². The molecule has 3 N–H and O–H groups in total. The van der Waals surface area contributed by atoms with Gasteiger partial charge in [-0.1, -0.05) is 6.07 Å². The molecule has 0 unspecified atom stereocenters. The van der Waals surface area contributed by atoms with E-state index in [9.17, 15) is 23.1 Å². The van der Waals surface area contributed by atoms with Crippen molar-refractivity contribution in [2.45, 2.75) is 44.9 Å². The van der Waals surface area contributed by atoms with Crippen molar-refractivity contribution in [1.82, 2.24) is 25.0 Å². The molecule has 9 nitrogen and oxygen atoms in total. The van der Waals surface area contributed by atoms with E-state index >= 15 is 0 Å². The largest absolute Gasteiger partial charge is 0.433 e. The molecule has 226 valence electrons. The van der Waals surface area contributed by atoms with Gasteiger partial charge in [0.25, 0.3) is 5.91 Å². The maximum absolute atomic E-state index is 13.1. The number of rotatable bonds is 8. The number of piperazine rings is 1. The molecule has 4 heterocycles. The molecule has 5 rings (SSSR count). The van der Waals surface area contributed by atoms with Crippen LogP contribution in [0, 0.1) is 5.92 Å². The van der Waals surface area contributed by atoms with Crippen LogP contribution in [0.2, 0.25) is 0 Å². The van der Waals surface area contributed by atoms with Crippen LogP contribution < -0.4 is 15.5 Å². The molecule has 42 heavy (non-hydrogen) atoms. The lowest BCUT2D eigenvalue weighted by Crippen LogP contribution is -2.47. The zero-order valence-corrected chi connectivity index (χ0v) is 24.0. The third-order valence-corrected chi connectivity index (χ3v) is 7.98. The first-order chi connectivity index (χ1) is 20.0. The number of carbonyl (C=O) groups excluding carboxylic acids is 1. The number of hydrogen-bond acceptors (Lipinski definition) is 7. The highest BCUT2D eigenvalue weighted by atomic mass is 19.4. The average Bonchev–Trinajstić information content (AvgIpc) is 3.41. The van der Waals surface area contributed by atoms with E-state index in [4.69, 9.17) is 0 Å². The highest BCUT2D eigenvalue weighted by Gasteiger charge is 2.33. The zero-order chi connectivity index (χ0) is 29.9. The first-order valence-electron chi connectivity index (χ1n) is 14.4. The number of benzene rings is 1. The van der Waals surface area contributed by atoms with E-state index in [0.717, 1.165) is 69.6 Å². The van der Waals surface area contributed by atoms with Crippen LogP contribution in [0.15, 0.2) is 48.7 Å². The van der Waals surface area contributed by atoms with Crippen LogP contribution >= 0.6 is 0 Å². The van der Waals surface area contributed by atoms with E-state index in [1.54, 1.807) is 0 Å². The van der Waals surface area contributed by atoms with Crippen molar-refractivity contribution in [2.24, 2.45) is 5.92 Å². The van der Waals surface area contributed by atoms with E-state index in [0.29, 0.717) is 5.69 Å². The normalized spacial score (nSPS) is 17.4. The number of carbonyl (C=O) groups is 1. The van der Waals surface area contributed by atoms with Gasteiger partial charge in [-0.3, -0.25) is 9.69 Å². The van der Waals surface area contributed by atoms with Gasteiger partial charge in [0.1, 0.15) is 22.7 Å². The minimum atomic E-state index is -4.67. The summed E-state index contributed by atoms with van der Waals surface area (Å²) >= 11 is 0. The zero-order valence-electron chi connectivity index (χ0n) is 24.0. The summed E-state index contributed by atoms with van der Waals surface area (Å²) in [5.41, 5.74) is -0.813. The fraction of sp³-hybridized carbons (Fsp3) is 0.500. The molecule has 2 aromatic heterocycles. The number of halogens is 3. The number of alkyl halides is 3. The van der Waals surface area contributed by atoms with Gasteiger partial charge in [0.15, 0.2) is 0 Å². The van der Waals surface area contributed by atoms with Crippen LogP contribution in [0.3, 0.4) is 0 Å². The fourth-order valence-corrected chi connectivity index (χ4v) is 5.54. The lowest BCUT2D eigenvalue weighted by atomic mass is 9.94. The predicted molar refractivity (Wildman–Crippen MR) is 155 cm³/mol. The van der Waals surface area contributed by atoms with Crippen molar-refractivity contribution < 1.29 is 23.1 Å². The number of anilines is 2. The number of hydrogen-bond donors (Lipinski definition) is 3. The molecule has 0 atom stereocenters. The first-order valence-corrected chi connectivity index (χ1v) is 14.4. The Morgan fingerprint density at radius 3 is 2.33 bits per heavy atom. The van der Waals surface area contributed by atoms with E-state index in [-0.39, 0.29) is 11.4 Å². The van der Waals surface area contributed by atoms with E-state index in [1.165, 1.54) is 50.1 Å². The molecular weight excluding hydrogens is 547 g/mol. The van der Waals surface area contributed by atoms with Gasteiger partial charge < -0.3 is 20.6 Å². The second-order valence-corrected chi connectivity index (χ2v) is 11.6. The molecule has 2 saturated heterocycles. The van der Waals surface area contributed by atoms with Gasteiger partial charge in [0.2, 0.25) is 0 Å². The summed E-state index contributed by atoms with van der Waals surface area (Å²) in [5, 5.41) is 21.2. The smallest absolute Gasteiger partial charge is 0.384 e. The lowest BCUT2D eigenvalue weighted by Gasteiger charge is -2.37. The molecular formula is C30H38F3N7O2. The molecule has 0 radical (unpaired) electrons. The molecule has 1 aromatic carbocycles. The number of aliphatic hydroxyl groups is 1. The number of nitrogens with zero attached hydrogens (tertiary/aromatic N) is 5. The van der Waals surface area contributed by atoms with Crippen molar-refractivity contribution in [2.75, 3.05) is 56.0 Å². The summed E-state index contributed by atoms with van der Waals surface area (Å²) in [6, 6.07) is 11.0. The molecule has 3 aromatic rings. The average molecular weight is 586 g/mol. The van der Waals surface area contributed by atoms with Gasteiger partial charge in [0.05, 0.1) is 17.6 Å². The maximum atomic E-state index is 13.1. The summed E-state index contributed by atoms with van der Waals surface area (Å²) < 4.78 is 40.8. The molecule has 0 saturated carbocycles. The minimum absolute atomic E-state index is 0.174. The molecule has 0 spiro atoms. The van der Waals surface area contributed by atoms with E-state index < -0.39 is 29.1 Å². The maximum Gasteiger partial charge on any atom is 0.433 e. The Labute approximate surface area is 243 Å². The summed E-state index contributed by atoms with van der Waals surface area (Å²) in [6.07, 6.45) is 0.689. The molecule has 0 bridgehead atoms. The van der Waals surface area contributed by atoms with Gasteiger partial charge in [0, 0.05) is 31.9 Å². The first kappa shape index (κ1) is 30.0. The van der Waals surface area contributed by atoms with Crippen LogP contribution in [-0.2, 0) is 11.8 Å². The van der Waals surface area contributed by atoms with Crippen LogP contribution in [-0.4, -0.2) is 76.5 Å². The molecule has 12 heteroatoms. The van der Waals surface area contributed by atoms with Crippen molar-refractivity contribution in [3.05, 3.63) is 65.7 Å². The number of nitrogens with one attached hydrogen (secondary N) is 2. The van der Waals surface area contributed by atoms with Crippen LogP contribution in [0.1, 0.15) is 55.0 Å². The highest BCUT2D eigenvalue weighted by molar-refractivity contribution is 6.03. The Kier molecular flexibility index (Phi) is 8.86. The van der Waals surface area contributed by atoms with Gasteiger partial charge in [-0.25, -0.2) is 9.67 Å². The van der Waals surface area contributed by atoms with Gasteiger partial charge in [-0.05, 0) is 95.1 Å². The molecule has 0 aliphatic carbocycles. The van der Waals surface area contributed by atoms with Crippen molar-refractivity contribution in [3.8, 4) is 5.69 Å². The molecule has 2 aliphatic heterocycles. The topological polar surface area (TPSA) is 98.5 Å². The van der Waals surface area contributed by atoms with Crippen LogP contribution in [0.5, 0.6) is 0 Å². The Morgan fingerprint density at radius 2 is 1.69 bits per heavy atom. The summed E-state index contributed by atoms with van der Waals surface area (Å²) in [4.78, 5) is 21.2. The molecule has 2 aliphatic rings. The quantitative estimate of drug-likeness (QED) is 0.363. The van der Waals surface area contributed by atoms with Crippen molar-refractivity contribution in [1.29, 1.82) is 0 Å². The van der Waals surface area contributed by atoms with E-state index in [2.05, 4.69) is 30.5 Å². The summed E-state index contributed by atoms with van der Waals surface area (Å²) in [7, 11) is 0. The number of aromatic nitrogens is 3. The summed E-state index contributed by atoms with van der Waals surface area (Å²) in [6.45, 7) is 10.4. The Bertz CT molecular complexity index is 1350. The number of piperidine rings is 1. The lowest BCUT2D eigenvalue weighted by molar-refractivity contribution is -0.141. The third-order valence-electron chi connectivity index (χ3n) is 7.98. The fourth-order valence-electron chi connectivity index (χ4n) is 5.54. The predicted octanol–water partition coefficient (Wildman–Crippen LogP) is 4.28. The Balaban J connectivity index is 1.24. The Morgan fingerprint density at radius 1 is 1.02 bits per heavy atom. The van der Waals surface area contributed by atoms with Crippen LogP contribution in [0.25, 0.3) is 5.69 Å².